The molecule has 0 unspecified atom stereocenters. The van der Waals surface area contributed by atoms with Gasteiger partial charge in [-0.3, -0.25) is 0 Å². The first-order valence-corrected chi connectivity index (χ1v) is 9.14. The van der Waals surface area contributed by atoms with E-state index in [0.29, 0.717) is 11.5 Å². The first-order valence-electron chi connectivity index (χ1n) is 9.14. The molecule has 0 amide bonds. The molecule has 0 aromatic heterocycles. The average Bonchev–Trinajstić information content (AvgIpc) is 2.61. The molecular formula is C22H32N2O2. The minimum Gasteiger partial charge on any atom is -0.507 e. The van der Waals surface area contributed by atoms with Crippen LogP contribution in [0.4, 0.5) is 0 Å². The monoisotopic (exact) mass is 356 g/mol. The number of nitrogens with zero attached hydrogens (tertiary/aromatic N) is 2. The zero-order chi connectivity index (χ0) is 19.4. The van der Waals surface area contributed by atoms with Crippen molar-refractivity contribution in [1.29, 1.82) is 0 Å². The van der Waals surface area contributed by atoms with Crippen LogP contribution in [-0.2, 0) is 13.1 Å². The van der Waals surface area contributed by atoms with Crippen LogP contribution in [0.2, 0.25) is 0 Å². The third-order valence-corrected chi connectivity index (χ3v) is 5.31. The Kier molecular flexibility index (Phi) is 6.68. The van der Waals surface area contributed by atoms with Crippen LogP contribution < -0.4 is 0 Å². The van der Waals surface area contributed by atoms with Gasteiger partial charge in [0, 0.05) is 37.3 Å². The molecule has 0 fully saturated rings. The average molecular weight is 357 g/mol. The van der Waals surface area contributed by atoms with E-state index in [1.807, 2.05) is 39.8 Å². The van der Waals surface area contributed by atoms with Crippen LogP contribution in [0.1, 0.15) is 33.4 Å². The second kappa shape index (κ2) is 8.56. The Morgan fingerprint density at radius 3 is 1.35 bits per heavy atom. The van der Waals surface area contributed by atoms with Gasteiger partial charge in [0.1, 0.15) is 11.5 Å². The molecule has 0 aliphatic heterocycles. The molecule has 0 aliphatic rings. The van der Waals surface area contributed by atoms with Crippen molar-refractivity contribution < 1.29 is 10.2 Å². The van der Waals surface area contributed by atoms with Crippen molar-refractivity contribution in [3.8, 4) is 11.5 Å². The maximum Gasteiger partial charge on any atom is 0.123 e. The van der Waals surface area contributed by atoms with Crippen molar-refractivity contribution in [3.63, 3.8) is 0 Å². The highest BCUT2D eigenvalue weighted by atomic mass is 16.3. The molecule has 0 bridgehead atoms. The summed E-state index contributed by atoms with van der Waals surface area (Å²) >= 11 is 0. The summed E-state index contributed by atoms with van der Waals surface area (Å²) in [6, 6.07) is 8.13. The minimum absolute atomic E-state index is 0.408. The Morgan fingerprint density at radius 1 is 0.654 bits per heavy atom. The zero-order valence-corrected chi connectivity index (χ0v) is 16.9. The molecule has 0 heterocycles. The second-order valence-electron chi connectivity index (χ2n) is 7.51. The molecule has 0 saturated carbocycles. The smallest absolute Gasteiger partial charge is 0.123 e. The van der Waals surface area contributed by atoms with Crippen LogP contribution in [0.5, 0.6) is 11.5 Å². The lowest BCUT2D eigenvalue weighted by Crippen LogP contribution is -2.30. The van der Waals surface area contributed by atoms with E-state index in [1.54, 1.807) is 0 Å². The lowest BCUT2D eigenvalue weighted by molar-refractivity contribution is 0.243. The Morgan fingerprint density at radius 2 is 1.00 bits per heavy atom. The van der Waals surface area contributed by atoms with Crippen molar-refractivity contribution in [2.45, 2.75) is 40.8 Å². The molecule has 2 aromatic rings. The van der Waals surface area contributed by atoms with E-state index in [0.717, 1.165) is 59.6 Å². The van der Waals surface area contributed by atoms with Gasteiger partial charge in [0.15, 0.2) is 0 Å². The van der Waals surface area contributed by atoms with Gasteiger partial charge < -0.3 is 20.0 Å². The Bertz CT molecular complexity index is 706. The molecule has 2 aromatic carbocycles. The van der Waals surface area contributed by atoms with E-state index < -0.39 is 0 Å². The van der Waals surface area contributed by atoms with Gasteiger partial charge in [-0.1, -0.05) is 24.3 Å². The number of hydrogen-bond acceptors (Lipinski definition) is 4. The zero-order valence-electron chi connectivity index (χ0n) is 16.9. The molecular weight excluding hydrogens is 324 g/mol. The number of phenols is 2. The number of hydrogen-bond donors (Lipinski definition) is 2. The Balaban J connectivity index is 1.90. The van der Waals surface area contributed by atoms with Crippen LogP contribution >= 0.6 is 0 Å². The molecule has 4 heteroatoms. The van der Waals surface area contributed by atoms with Crippen molar-refractivity contribution in [2.24, 2.45) is 0 Å². The van der Waals surface area contributed by atoms with Crippen LogP contribution in [0.25, 0.3) is 0 Å². The second-order valence-corrected chi connectivity index (χ2v) is 7.51. The Hall–Kier alpha value is -2.04. The van der Waals surface area contributed by atoms with Gasteiger partial charge in [0.25, 0.3) is 0 Å². The number of rotatable bonds is 7. The summed E-state index contributed by atoms with van der Waals surface area (Å²) in [5, 5.41) is 20.6. The molecule has 0 aliphatic carbocycles. The maximum atomic E-state index is 10.3. The van der Waals surface area contributed by atoms with Gasteiger partial charge in [0.05, 0.1) is 0 Å². The quantitative estimate of drug-likeness (QED) is 0.790. The number of aromatic hydroxyl groups is 2. The highest BCUT2D eigenvalue weighted by Crippen LogP contribution is 2.27. The standard InChI is InChI=1S/C22H32N2O2/c1-15-7-9-19(21(25)17(15)3)13-23(5)11-12-24(6)14-20-10-8-16(2)18(4)22(20)26/h7-10,25-26H,11-14H2,1-6H3. The fourth-order valence-corrected chi connectivity index (χ4v) is 3.05. The van der Waals surface area contributed by atoms with Gasteiger partial charge in [-0.25, -0.2) is 0 Å². The van der Waals surface area contributed by atoms with Gasteiger partial charge >= 0.3 is 0 Å². The summed E-state index contributed by atoms with van der Waals surface area (Å²) in [6.45, 7) is 11.1. The number of phenolic OH excluding ortho intramolecular Hbond substituents is 2. The van der Waals surface area contributed by atoms with E-state index in [2.05, 4.69) is 36.0 Å². The summed E-state index contributed by atoms with van der Waals surface area (Å²) < 4.78 is 0. The highest BCUT2D eigenvalue weighted by molar-refractivity contribution is 5.44. The summed E-state index contributed by atoms with van der Waals surface area (Å²) in [5.74, 6) is 0.815. The molecule has 2 rings (SSSR count). The molecule has 0 spiro atoms. The molecule has 0 radical (unpaired) electrons. The third-order valence-electron chi connectivity index (χ3n) is 5.31. The fourth-order valence-electron chi connectivity index (χ4n) is 3.05. The first-order chi connectivity index (χ1) is 12.2. The van der Waals surface area contributed by atoms with Gasteiger partial charge in [-0.15, -0.1) is 0 Å². The van der Waals surface area contributed by atoms with Gasteiger partial charge in [0.2, 0.25) is 0 Å². The summed E-state index contributed by atoms with van der Waals surface area (Å²) in [5.41, 5.74) is 6.07. The predicted octanol–water partition coefficient (Wildman–Crippen LogP) is 3.90. The van der Waals surface area contributed by atoms with Crippen LogP contribution in [0, 0.1) is 27.7 Å². The van der Waals surface area contributed by atoms with Crippen molar-refractivity contribution in [2.75, 3.05) is 27.2 Å². The van der Waals surface area contributed by atoms with Crippen molar-refractivity contribution >= 4 is 0 Å². The summed E-state index contributed by atoms with van der Waals surface area (Å²) in [7, 11) is 4.13. The van der Waals surface area contributed by atoms with E-state index in [-0.39, 0.29) is 0 Å². The van der Waals surface area contributed by atoms with Crippen LogP contribution in [0.15, 0.2) is 24.3 Å². The molecule has 0 saturated heterocycles. The van der Waals surface area contributed by atoms with Gasteiger partial charge in [-0.2, -0.15) is 0 Å². The van der Waals surface area contributed by atoms with Crippen LogP contribution in [0.3, 0.4) is 0 Å². The number of likely N-dealkylation sites (N-methyl/N-ethyl adjacent to an activating group) is 2. The fraction of sp³-hybridized carbons (Fsp3) is 0.455. The first kappa shape index (κ1) is 20.3. The largest absolute Gasteiger partial charge is 0.507 e. The molecule has 2 N–H and O–H groups in total. The van der Waals surface area contributed by atoms with E-state index in [9.17, 15) is 10.2 Å². The van der Waals surface area contributed by atoms with Crippen molar-refractivity contribution in [3.05, 3.63) is 57.6 Å². The summed E-state index contributed by atoms with van der Waals surface area (Å²) in [6.07, 6.45) is 0. The lowest BCUT2D eigenvalue weighted by atomic mass is 10.0. The molecule has 142 valence electrons. The minimum atomic E-state index is 0.408. The Labute approximate surface area is 157 Å². The number of benzene rings is 2. The highest BCUT2D eigenvalue weighted by Gasteiger charge is 2.12. The number of aryl methyl sites for hydroxylation is 2. The molecule has 0 atom stereocenters. The maximum absolute atomic E-state index is 10.3. The topological polar surface area (TPSA) is 46.9 Å². The normalized spacial score (nSPS) is 11.5. The van der Waals surface area contributed by atoms with E-state index >= 15 is 0 Å². The van der Waals surface area contributed by atoms with Crippen LogP contribution in [-0.4, -0.2) is 47.2 Å². The predicted molar refractivity (Wildman–Crippen MR) is 108 cm³/mol. The molecule has 4 nitrogen and oxygen atoms in total. The van der Waals surface area contributed by atoms with Gasteiger partial charge in [-0.05, 0) is 64.0 Å². The summed E-state index contributed by atoms with van der Waals surface area (Å²) in [4.78, 5) is 4.42. The van der Waals surface area contributed by atoms with E-state index in [4.69, 9.17) is 0 Å². The lowest BCUT2D eigenvalue weighted by Gasteiger charge is -2.23. The SMILES string of the molecule is Cc1ccc(CN(C)CCN(C)Cc2ccc(C)c(C)c2O)c(O)c1C. The third kappa shape index (κ3) is 4.77. The van der Waals surface area contributed by atoms with E-state index in [1.165, 1.54) is 0 Å². The molecule has 26 heavy (non-hydrogen) atoms. The van der Waals surface area contributed by atoms with Crippen molar-refractivity contribution in [1.82, 2.24) is 9.80 Å².